The molecule has 6 heteroatoms. The first kappa shape index (κ1) is 20.5. The summed E-state index contributed by atoms with van der Waals surface area (Å²) in [5.74, 6) is -0.0308. The summed E-state index contributed by atoms with van der Waals surface area (Å²) in [4.78, 5) is 19.4. The van der Waals surface area contributed by atoms with Crippen molar-refractivity contribution in [1.82, 2.24) is 15.2 Å². The van der Waals surface area contributed by atoms with E-state index < -0.39 is 0 Å². The van der Waals surface area contributed by atoms with Crippen molar-refractivity contribution in [3.8, 4) is 0 Å². The Morgan fingerprint density at radius 3 is 2.67 bits per heavy atom. The number of carbonyl (C=O) groups excluding carboxylic acids is 1. The van der Waals surface area contributed by atoms with E-state index in [-0.39, 0.29) is 11.7 Å². The summed E-state index contributed by atoms with van der Waals surface area (Å²) >= 11 is 5.89. The van der Waals surface area contributed by atoms with Crippen LogP contribution in [0.2, 0.25) is 5.02 Å². The van der Waals surface area contributed by atoms with Gasteiger partial charge in [0.15, 0.2) is 0 Å². The molecular formula is C24H23ClFN3O. The Bertz CT molecular complexity index is 1010. The SMILES string of the molecule is O=C(NCc1cccnc1C1CCN(Cc2ccc(F)cc2)C1)c1ccc(Cl)cc1. The predicted molar refractivity (Wildman–Crippen MR) is 116 cm³/mol. The van der Waals surface area contributed by atoms with Crippen LogP contribution in [0, 0.1) is 5.82 Å². The average Bonchev–Trinajstić information content (AvgIpc) is 3.22. The summed E-state index contributed by atoms with van der Waals surface area (Å²) in [5.41, 5.74) is 3.76. The van der Waals surface area contributed by atoms with Gasteiger partial charge in [0.05, 0.1) is 0 Å². The van der Waals surface area contributed by atoms with Crippen LogP contribution in [0.4, 0.5) is 4.39 Å². The van der Waals surface area contributed by atoms with Crippen molar-refractivity contribution in [2.24, 2.45) is 0 Å². The van der Waals surface area contributed by atoms with Crippen molar-refractivity contribution in [3.63, 3.8) is 0 Å². The molecule has 2 aromatic carbocycles. The number of halogens is 2. The summed E-state index contributed by atoms with van der Waals surface area (Å²) in [6.07, 6.45) is 2.82. The predicted octanol–water partition coefficient (Wildman–Crippen LogP) is 4.79. The molecule has 0 bridgehead atoms. The molecule has 0 saturated carbocycles. The number of hydrogen-bond donors (Lipinski definition) is 1. The van der Waals surface area contributed by atoms with E-state index in [0.29, 0.717) is 23.0 Å². The minimum Gasteiger partial charge on any atom is -0.348 e. The van der Waals surface area contributed by atoms with Gasteiger partial charge in [-0.25, -0.2) is 4.39 Å². The molecule has 4 rings (SSSR count). The zero-order chi connectivity index (χ0) is 20.9. The van der Waals surface area contributed by atoms with Gasteiger partial charge in [0.2, 0.25) is 0 Å². The summed E-state index contributed by atoms with van der Waals surface area (Å²) in [7, 11) is 0. The Labute approximate surface area is 180 Å². The Morgan fingerprint density at radius 2 is 1.90 bits per heavy atom. The maximum atomic E-state index is 13.1. The molecule has 0 aliphatic carbocycles. The van der Waals surface area contributed by atoms with Gasteiger partial charge < -0.3 is 5.32 Å². The standard InChI is InChI=1S/C24H23ClFN3O/c25-21-7-5-18(6-8-21)24(30)28-14-19-2-1-12-27-23(19)20-11-13-29(16-20)15-17-3-9-22(26)10-4-17/h1-10,12,20H,11,13-16H2,(H,28,30). The molecule has 1 aliphatic rings. The molecule has 1 aliphatic heterocycles. The molecule has 1 N–H and O–H groups in total. The first-order valence-corrected chi connectivity index (χ1v) is 10.4. The van der Waals surface area contributed by atoms with Crippen LogP contribution in [0.1, 0.15) is 39.5 Å². The van der Waals surface area contributed by atoms with E-state index in [1.54, 1.807) is 24.3 Å². The number of likely N-dealkylation sites (tertiary alicyclic amines) is 1. The molecule has 30 heavy (non-hydrogen) atoms. The number of aromatic nitrogens is 1. The van der Waals surface area contributed by atoms with Crippen molar-refractivity contribution in [1.29, 1.82) is 0 Å². The maximum absolute atomic E-state index is 13.1. The van der Waals surface area contributed by atoms with Gasteiger partial charge in [0.25, 0.3) is 5.91 Å². The largest absolute Gasteiger partial charge is 0.348 e. The van der Waals surface area contributed by atoms with E-state index in [4.69, 9.17) is 11.6 Å². The van der Waals surface area contributed by atoms with Gasteiger partial charge in [-0.2, -0.15) is 0 Å². The van der Waals surface area contributed by atoms with Gasteiger partial charge >= 0.3 is 0 Å². The second-order valence-corrected chi connectivity index (χ2v) is 8.02. The Kier molecular flexibility index (Phi) is 6.41. The van der Waals surface area contributed by atoms with Crippen molar-refractivity contribution in [2.75, 3.05) is 13.1 Å². The van der Waals surface area contributed by atoms with E-state index in [0.717, 1.165) is 42.9 Å². The van der Waals surface area contributed by atoms with E-state index >= 15 is 0 Å². The summed E-state index contributed by atoms with van der Waals surface area (Å²) < 4.78 is 13.1. The van der Waals surface area contributed by atoms with Gasteiger partial charge in [-0.15, -0.1) is 0 Å². The van der Waals surface area contributed by atoms with E-state index in [9.17, 15) is 9.18 Å². The number of nitrogens with one attached hydrogen (secondary N) is 1. The third-order valence-electron chi connectivity index (χ3n) is 5.45. The van der Waals surface area contributed by atoms with Crippen molar-refractivity contribution in [3.05, 3.63) is 100 Å². The highest BCUT2D eigenvalue weighted by molar-refractivity contribution is 6.30. The van der Waals surface area contributed by atoms with Crippen LogP contribution >= 0.6 is 11.6 Å². The lowest BCUT2D eigenvalue weighted by Gasteiger charge is -2.18. The fourth-order valence-corrected chi connectivity index (χ4v) is 4.02. The van der Waals surface area contributed by atoms with Gasteiger partial charge in [-0.05, 0) is 66.6 Å². The average molecular weight is 424 g/mol. The molecule has 2 heterocycles. The molecule has 154 valence electrons. The van der Waals surface area contributed by atoms with Gasteiger partial charge in [0, 0.05) is 48.0 Å². The lowest BCUT2D eigenvalue weighted by molar-refractivity contribution is 0.0950. The molecule has 1 atom stereocenters. The van der Waals surface area contributed by atoms with Gasteiger partial charge in [0.1, 0.15) is 5.82 Å². The van der Waals surface area contributed by atoms with Crippen LogP contribution in [-0.2, 0) is 13.1 Å². The lowest BCUT2D eigenvalue weighted by atomic mass is 9.99. The molecule has 1 aromatic heterocycles. The molecule has 1 amide bonds. The smallest absolute Gasteiger partial charge is 0.251 e. The number of carbonyl (C=O) groups is 1. The first-order chi connectivity index (χ1) is 14.6. The zero-order valence-electron chi connectivity index (χ0n) is 16.5. The summed E-state index contributed by atoms with van der Waals surface area (Å²) in [6, 6.07) is 17.4. The number of nitrogens with zero attached hydrogens (tertiary/aromatic N) is 2. The first-order valence-electron chi connectivity index (χ1n) is 10.0. The minimum atomic E-state index is -0.211. The highest BCUT2D eigenvalue weighted by Crippen LogP contribution is 2.29. The van der Waals surface area contributed by atoms with Crippen LogP contribution in [0.5, 0.6) is 0 Å². The highest BCUT2D eigenvalue weighted by atomic mass is 35.5. The summed E-state index contributed by atoms with van der Waals surface area (Å²) in [6.45, 7) is 3.09. The van der Waals surface area contributed by atoms with E-state index in [2.05, 4.69) is 15.2 Å². The summed E-state index contributed by atoms with van der Waals surface area (Å²) in [5, 5.41) is 3.59. The normalized spacial score (nSPS) is 16.5. The third-order valence-corrected chi connectivity index (χ3v) is 5.70. The molecule has 0 spiro atoms. The fraction of sp³-hybridized carbons (Fsp3) is 0.250. The zero-order valence-corrected chi connectivity index (χ0v) is 17.3. The van der Waals surface area contributed by atoms with Crippen LogP contribution in [-0.4, -0.2) is 28.9 Å². The Morgan fingerprint density at radius 1 is 1.13 bits per heavy atom. The molecule has 1 saturated heterocycles. The van der Waals surface area contributed by atoms with Crippen molar-refractivity contribution < 1.29 is 9.18 Å². The van der Waals surface area contributed by atoms with Crippen LogP contribution in [0.3, 0.4) is 0 Å². The monoisotopic (exact) mass is 423 g/mol. The number of amides is 1. The van der Waals surface area contributed by atoms with Crippen LogP contribution < -0.4 is 5.32 Å². The molecular weight excluding hydrogens is 401 g/mol. The lowest BCUT2D eigenvalue weighted by Crippen LogP contribution is -2.24. The molecule has 0 radical (unpaired) electrons. The second-order valence-electron chi connectivity index (χ2n) is 7.58. The van der Waals surface area contributed by atoms with Crippen LogP contribution in [0.25, 0.3) is 0 Å². The number of pyridine rings is 1. The van der Waals surface area contributed by atoms with Gasteiger partial charge in [-0.1, -0.05) is 29.8 Å². The van der Waals surface area contributed by atoms with Gasteiger partial charge in [-0.3, -0.25) is 14.7 Å². The maximum Gasteiger partial charge on any atom is 0.251 e. The number of hydrogen-bond acceptors (Lipinski definition) is 3. The molecule has 4 nitrogen and oxygen atoms in total. The Balaban J connectivity index is 1.39. The Hall–Kier alpha value is -2.76. The molecule has 1 unspecified atom stereocenters. The molecule has 3 aromatic rings. The third kappa shape index (κ3) is 5.04. The van der Waals surface area contributed by atoms with E-state index in [1.165, 1.54) is 12.1 Å². The van der Waals surface area contributed by atoms with Crippen molar-refractivity contribution >= 4 is 17.5 Å². The van der Waals surface area contributed by atoms with E-state index in [1.807, 2.05) is 30.5 Å². The quantitative estimate of drug-likeness (QED) is 0.619. The topological polar surface area (TPSA) is 45.2 Å². The highest BCUT2D eigenvalue weighted by Gasteiger charge is 2.26. The molecule has 1 fully saturated rings. The minimum absolute atomic E-state index is 0.133. The number of rotatable bonds is 6. The fourth-order valence-electron chi connectivity index (χ4n) is 3.89. The number of benzene rings is 2. The van der Waals surface area contributed by atoms with Crippen LogP contribution in [0.15, 0.2) is 66.9 Å². The second kappa shape index (κ2) is 9.37. The van der Waals surface area contributed by atoms with Crippen molar-refractivity contribution in [2.45, 2.75) is 25.4 Å².